The van der Waals surface area contributed by atoms with Gasteiger partial charge in [-0.2, -0.15) is 0 Å². The number of methoxy groups -OCH3 is 1. The fourth-order valence-electron chi connectivity index (χ4n) is 2.70. The maximum Gasteiger partial charge on any atom is 0.123 e. The largest absolute Gasteiger partial charge is 0.496 e. The van der Waals surface area contributed by atoms with Crippen molar-refractivity contribution in [3.63, 3.8) is 0 Å². The summed E-state index contributed by atoms with van der Waals surface area (Å²) in [5, 5.41) is 0.764. The summed E-state index contributed by atoms with van der Waals surface area (Å²) in [6.07, 6.45) is 1.18. The van der Waals surface area contributed by atoms with E-state index in [1.807, 2.05) is 18.2 Å². The Morgan fingerprint density at radius 1 is 1.20 bits per heavy atom. The van der Waals surface area contributed by atoms with Crippen LogP contribution in [0.25, 0.3) is 0 Å². The SMILES string of the molecule is COc1ccc(Cl)cc1CN1CCCN(CCN)CC1. The maximum atomic E-state index is 6.09. The molecule has 1 aromatic carbocycles. The van der Waals surface area contributed by atoms with Gasteiger partial charge >= 0.3 is 0 Å². The topological polar surface area (TPSA) is 41.7 Å². The van der Waals surface area contributed by atoms with Crippen LogP contribution in [0.3, 0.4) is 0 Å². The van der Waals surface area contributed by atoms with Crippen molar-refractivity contribution in [1.82, 2.24) is 9.80 Å². The maximum absolute atomic E-state index is 6.09. The molecule has 20 heavy (non-hydrogen) atoms. The minimum Gasteiger partial charge on any atom is -0.496 e. The predicted molar refractivity (Wildman–Crippen MR) is 83.4 cm³/mol. The Hall–Kier alpha value is -0.810. The molecule has 0 atom stereocenters. The molecule has 0 radical (unpaired) electrons. The molecule has 0 amide bonds. The van der Waals surface area contributed by atoms with E-state index < -0.39 is 0 Å². The van der Waals surface area contributed by atoms with E-state index in [1.54, 1.807) is 7.11 Å². The molecule has 0 spiro atoms. The number of hydrogen-bond acceptors (Lipinski definition) is 4. The third-order valence-electron chi connectivity index (χ3n) is 3.76. The van der Waals surface area contributed by atoms with Gasteiger partial charge in [0.2, 0.25) is 0 Å². The summed E-state index contributed by atoms with van der Waals surface area (Å²) in [4.78, 5) is 4.90. The predicted octanol–water partition coefficient (Wildman–Crippen LogP) is 1.81. The second kappa shape index (κ2) is 7.84. The van der Waals surface area contributed by atoms with E-state index in [1.165, 1.54) is 6.42 Å². The van der Waals surface area contributed by atoms with E-state index in [-0.39, 0.29) is 0 Å². The van der Waals surface area contributed by atoms with Crippen molar-refractivity contribution in [1.29, 1.82) is 0 Å². The Labute approximate surface area is 126 Å². The Balaban J connectivity index is 1.97. The lowest BCUT2D eigenvalue weighted by Crippen LogP contribution is -2.33. The van der Waals surface area contributed by atoms with Crippen LogP contribution >= 0.6 is 11.6 Å². The van der Waals surface area contributed by atoms with Crippen molar-refractivity contribution in [2.45, 2.75) is 13.0 Å². The first-order valence-electron chi connectivity index (χ1n) is 7.20. The van der Waals surface area contributed by atoms with E-state index >= 15 is 0 Å². The number of benzene rings is 1. The first-order chi connectivity index (χ1) is 9.72. The number of hydrogen-bond donors (Lipinski definition) is 1. The highest BCUT2D eigenvalue weighted by atomic mass is 35.5. The minimum atomic E-state index is 0.738. The van der Waals surface area contributed by atoms with Gasteiger partial charge in [0.15, 0.2) is 0 Å². The molecular formula is C15H24ClN3O. The molecular weight excluding hydrogens is 274 g/mol. The van der Waals surface area contributed by atoms with Gasteiger partial charge in [0.1, 0.15) is 5.75 Å². The van der Waals surface area contributed by atoms with Crippen LogP contribution in [0.15, 0.2) is 18.2 Å². The van der Waals surface area contributed by atoms with E-state index in [0.717, 1.165) is 62.1 Å². The molecule has 5 heteroatoms. The van der Waals surface area contributed by atoms with E-state index in [0.29, 0.717) is 0 Å². The first-order valence-corrected chi connectivity index (χ1v) is 7.58. The monoisotopic (exact) mass is 297 g/mol. The Morgan fingerprint density at radius 2 is 1.95 bits per heavy atom. The second-order valence-electron chi connectivity index (χ2n) is 5.22. The van der Waals surface area contributed by atoms with Gasteiger partial charge in [-0.05, 0) is 37.7 Å². The van der Waals surface area contributed by atoms with Gasteiger partial charge in [0.25, 0.3) is 0 Å². The smallest absolute Gasteiger partial charge is 0.123 e. The standard InChI is InChI=1S/C15H24ClN3O/c1-20-15-4-3-14(16)11-13(15)12-19-7-2-6-18(8-5-17)9-10-19/h3-4,11H,2,5-10,12,17H2,1H3. The highest BCUT2D eigenvalue weighted by molar-refractivity contribution is 6.30. The fourth-order valence-corrected chi connectivity index (χ4v) is 2.89. The third kappa shape index (κ3) is 4.35. The molecule has 1 aliphatic heterocycles. The number of halogens is 1. The second-order valence-corrected chi connectivity index (χ2v) is 5.65. The zero-order valence-electron chi connectivity index (χ0n) is 12.1. The van der Waals surface area contributed by atoms with Crippen molar-refractivity contribution >= 4 is 11.6 Å². The van der Waals surface area contributed by atoms with E-state index in [2.05, 4.69) is 9.80 Å². The van der Waals surface area contributed by atoms with Gasteiger partial charge in [-0.15, -0.1) is 0 Å². The summed E-state index contributed by atoms with van der Waals surface area (Å²) in [5.74, 6) is 0.914. The van der Waals surface area contributed by atoms with Gasteiger partial charge in [-0.3, -0.25) is 4.90 Å². The average Bonchev–Trinajstić information content (AvgIpc) is 2.65. The van der Waals surface area contributed by atoms with Gasteiger partial charge in [-0.1, -0.05) is 11.6 Å². The molecule has 0 saturated carbocycles. The number of rotatable bonds is 5. The van der Waals surface area contributed by atoms with Crippen LogP contribution in [0, 0.1) is 0 Å². The van der Waals surface area contributed by atoms with Gasteiger partial charge in [-0.25, -0.2) is 0 Å². The third-order valence-corrected chi connectivity index (χ3v) is 4.00. The van der Waals surface area contributed by atoms with Crippen molar-refractivity contribution in [2.24, 2.45) is 5.73 Å². The lowest BCUT2D eigenvalue weighted by atomic mass is 10.2. The van der Waals surface area contributed by atoms with Crippen LogP contribution < -0.4 is 10.5 Å². The molecule has 4 nitrogen and oxygen atoms in total. The Morgan fingerprint density at radius 3 is 2.70 bits per heavy atom. The van der Waals surface area contributed by atoms with Gasteiger partial charge in [0.05, 0.1) is 7.11 Å². The average molecular weight is 298 g/mol. The molecule has 1 aliphatic rings. The molecule has 1 heterocycles. The quantitative estimate of drug-likeness (QED) is 0.900. The molecule has 0 aromatic heterocycles. The van der Waals surface area contributed by atoms with Crippen LogP contribution in [-0.4, -0.2) is 56.2 Å². The molecule has 112 valence electrons. The Kier molecular flexibility index (Phi) is 6.10. The molecule has 0 unspecified atom stereocenters. The molecule has 1 fully saturated rings. The van der Waals surface area contributed by atoms with Crippen LogP contribution in [0.4, 0.5) is 0 Å². The first kappa shape index (κ1) is 15.6. The summed E-state index contributed by atoms with van der Waals surface area (Å²) < 4.78 is 5.42. The summed E-state index contributed by atoms with van der Waals surface area (Å²) in [6.45, 7) is 7.02. The van der Waals surface area contributed by atoms with Crippen molar-refractivity contribution < 1.29 is 4.74 Å². The lowest BCUT2D eigenvalue weighted by molar-refractivity contribution is 0.252. The zero-order valence-corrected chi connectivity index (χ0v) is 12.9. The number of nitrogens with two attached hydrogens (primary N) is 1. The van der Waals surface area contributed by atoms with Crippen molar-refractivity contribution in [3.05, 3.63) is 28.8 Å². The van der Waals surface area contributed by atoms with Crippen LogP contribution in [0.2, 0.25) is 5.02 Å². The molecule has 2 rings (SSSR count). The van der Waals surface area contributed by atoms with Gasteiger partial charge in [0, 0.05) is 43.3 Å². The summed E-state index contributed by atoms with van der Waals surface area (Å²) in [7, 11) is 1.71. The van der Waals surface area contributed by atoms with E-state index in [4.69, 9.17) is 22.1 Å². The molecule has 1 aromatic rings. The highest BCUT2D eigenvalue weighted by Gasteiger charge is 2.16. The van der Waals surface area contributed by atoms with E-state index in [9.17, 15) is 0 Å². The lowest BCUT2D eigenvalue weighted by Gasteiger charge is -2.22. The van der Waals surface area contributed by atoms with Crippen LogP contribution in [0.1, 0.15) is 12.0 Å². The highest BCUT2D eigenvalue weighted by Crippen LogP contribution is 2.24. The van der Waals surface area contributed by atoms with Crippen molar-refractivity contribution in [2.75, 3.05) is 46.4 Å². The van der Waals surface area contributed by atoms with Gasteiger partial charge < -0.3 is 15.4 Å². The van der Waals surface area contributed by atoms with Crippen molar-refractivity contribution in [3.8, 4) is 5.75 Å². The minimum absolute atomic E-state index is 0.738. The summed E-state index contributed by atoms with van der Waals surface area (Å²) in [6, 6.07) is 5.81. The number of ether oxygens (including phenoxy) is 1. The normalized spacial score (nSPS) is 17.9. The summed E-state index contributed by atoms with van der Waals surface area (Å²) in [5.41, 5.74) is 6.80. The number of nitrogens with zero attached hydrogens (tertiary/aromatic N) is 2. The molecule has 0 aliphatic carbocycles. The zero-order chi connectivity index (χ0) is 14.4. The molecule has 1 saturated heterocycles. The van der Waals surface area contributed by atoms with Crippen LogP contribution in [0.5, 0.6) is 5.75 Å². The fraction of sp³-hybridized carbons (Fsp3) is 0.600. The molecule has 2 N–H and O–H groups in total. The van der Waals surface area contributed by atoms with Crippen LogP contribution in [-0.2, 0) is 6.54 Å². The molecule has 0 bridgehead atoms. The summed E-state index contributed by atoms with van der Waals surface area (Å²) >= 11 is 6.09. The Bertz CT molecular complexity index is 428.